The lowest BCUT2D eigenvalue weighted by Crippen LogP contribution is -2.00. The van der Waals surface area contributed by atoms with E-state index in [2.05, 4.69) is 62.4 Å². The first-order valence-corrected chi connectivity index (χ1v) is 9.36. The van der Waals surface area contributed by atoms with Gasteiger partial charge in [-0.15, -0.1) is 0 Å². The van der Waals surface area contributed by atoms with Crippen molar-refractivity contribution in [2.75, 3.05) is 14.2 Å². The van der Waals surface area contributed by atoms with Gasteiger partial charge in [0.1, 0.15) is 17.2 Å². The van der Waals surface area contributed by atoms with E-state index >= 15 is 0 Å². The molecule has 2 heterocycles. The lowest BCUT2D eigenvalue weighted by molar-refractivity contribution is 0.393. The molecule has 0 bridgehead atoms. The van der Waals surface area contributed by atoms with E-state index in [4.69, 9.17) is 9.47 Å². The summed E-state index contributed by atoms with van der Waals surface area (Å²) < 4.78 is 13.2. The summed E-state index contributed by atoms with van der Waals surface area (Å²) in [7, 11) is 3.34. The summed E-state index contributed by atoms with van der Waals surface area (Å²) in [4.78, 5) is 0. The zero-order valence-corrected chi connectivity index (χ0v) is 16.2. The van der Waals surface area contributed by atoms with Crippen LogP contribution >= 0.6 is 0 Å². The van der Waals surface area contributed by atoms with Gasteiger partial charge in [-0.25, -0.2) is 0 Å². The molecule has 0 aliphatic heterocycles. The summed E-state index contributed by atoms with van der Waals surface area (Å²) in [6, 6.07) is 20.9. The van der Waals surface area contributed by atoms with E-state index in [1.54, 1.807) is 20.4 Å². The molecular formula is C23H20N4O2. The summed E-state index contributed by atoms with van der Waals surface area (Å²) in [5, 5.41) is 13.2. The molecular weight excluding hydrogens is 364 g/mol. The average Bonchev–Trinajstić information content (AvgIpc) is 3.41. The monoisotopic (exact) mass is 384 g/mol. The number of methoxy groups -OCH3 is 2. The molecule has 6 nitrogen and oxygen atoms in total. The normalized spacial score (nSPS) is 11.2. The van der Waals surface area contributed by atoms with Gasteiger partial charge in [0.25, 0.3) is 0 Å². The van der Waals surface area contributed by atoms with Crippen LogP contribution in [0.5, 0.6) is 11.5 Å². The van der Waals surface area contributed by atoms with Crippen LogP contribution in [0, 0.1) is 0 Å². The summed E-state index contributed by atoms with van der Waals surface area (Å²) in [6.07, 6.45) is 1.74. The number of hydrogen-bond acceptors (Lipinski definition) is 4. The Bertz CT molecular complexity index is 1280. The first kappa shape index (κ1) is 17.3. The van der Waals surface area contributed by atoms with Crippen LogP contribution < -0.4 is 9.47 Å². The molecule has 0 atom stereocenters. The van der Waals surface area contributed by atoms with E-state index in [0.29, 0.717) is 6.54 Å². The number of para-hydroxylation sites is 1. The highest BCUT2D eigenvalue weighted by molar-refractivity contribution is 6.09. The van der Waals surface area contributed by atoms with Gasteiger partial charge in [-0.1, -0.05) is 24.3 Å². The summed E-state index contributed by atoms with van der Waals surface area (Å²) >= 11 is 0. The van der Waals surface area contributed by atoms with Crippen molar-refractivity contribution in [3.63, 3.8) is 0 Å². The highest BCUT2D eigenvalue weighted by atomic mass is 16.5. The zero-order chi connectivity index (χ0) is 19.8. The fraction of sp³-hybridized carbons (Fsp3) is 0.130. The van der Waals surface area contributed by atoms with Gasteiger partial charge in [0.2, 0.25) is 0 Å². The van der Waals surface area contributed by atoms with Gasteiger partial charge in [-0.05, 0) is 35.9 Å². The summed E-state index contributed by atoms with van der Waals surface area (Å²) in [5.41, 5.74) is 5.34. The average molecular weight is 384 g/mol. The minimum Gasteiger partial charge on any atom is -0.497 e. The van der Waals surface area contributed by atoms with E-state index in [-0.39, 0.29) is 0 Å². The third-order valence-electron chi connectivity index (χ3n) is 5.24. The smallest absolute Gasteiger partial charge is 0.122 e. The second-order valence-electron chi connectivity index (χ2n) is 6.91. The molecule has 2 aromatic heterocycles. The number of hydrogen-bond donors (Lipinski definition) is 1. The van der Waals surface area contributed by atoms with Gasteiger partial charge < -0.3 is 14.0 Å². The molecule has 144 valence electrons. The highest BCUT2D eigenvalue weighted by Gasteiger charge is 2.13. The Labute approximate surface area is 167 Å². The first-order valence-electron chi connectivity index (χ1n) is 9.36. The number of nitrogens with zero attached hydrogens (tertiary/aromatic N) is 3. The Morgan fingerprint density at radius 1 is 0.862 bits per heavy atom. The van der Waals surface area contributed by atoms with Crippen LogP contribution in [0.2, 0.25) is 0 Å². The van der Waals surface area contributed by atoms with Crippen molar-refractivity contribution in [2.45, 2.75) is 6.54 Å². The standard InChI is InChI=1S/C23H20N4O2/c1-28-17-9-15(10-18(12-17)29-2)14-27-22-6-4-3-5-19(22)20-11-16(7-8-23(20)27)21-13-24-26-25-21/h3-13H,14H2,1-2H3,(H,24,25,26). The Morgan fingerprint density at radius 2 is 1.62 bits per heavy atom. The molecule has 5 aromatic rings. The van der Waals surface area contributed by atoms with E-state index in [1.165, 1.54) is 21.8 Å². The minimum atomic E-state index is 0.709. The van der Waals surface area contributed by atoms with Crippen LogP contribution in [0.3, 0.4) is 0 Å². The maximum atomic E-state index is 5.44. The van der Waals surface area contributed by atoms with E-state index in [0.717, 1.165) is 28.3 Å². The number of aromatic nitrogens is 4. The molecule has 0 saturated carbocycles. The maximum Gasteiger partial charge on any atom is 0.122 e. The van der Waals surface area contributed by atoms with E-state index in [1.807, 2.05) is 18.2 Å². The van der Waals surface area contributed by atoms with Crippen LogP contribution in [0.4, 0.5) is 0 Å². The van der Waals surface area contributed by atoms with E-state index in [9.17, 15) is 0 Å². The van der Waals surface area contributed by atoms with Gasteiger partial charge in [0.15, 0.2) is 0 Å². The molecule has 0 aliphatic carbocycles. The predicted octanol–water partition coefficient (Wildman–Crippen LogP) is 4.65. The van der Waals surface area contributed by atoms with Crippen molar-refractivity contribution in [3.05, 3.63) is 72.4 Å². The van der Waals surface area contributed by atoms with Crippen LogP contribution in [-0.2, 0) is 6.54 Å². The number of nitrogens with one attached hydrogen (secondary N) is 1. The third-order valence-corrected chi connectivity index (χ3v) is 5.24. The molecule has 0 amide bonds. The second kappa shape index (κ2) is 6.98. The SMILES string of the molecule is COc1cc(Cn2c3ccccc3c3cc(-c4cn[nH]n4)ccc32)cc(OC)c1. The Morgan fingerprint density at radius 3 is 2.34 bits per heavy atom. The number of aromatic amines is 1. The number of ether oxygens (including phenoxy) is 2. The molecule has 0 spiro atoms. The van der Waals surface area contributed by atoms with Crippen LogP contribution in [0.25, 0.3) is 33.1 Å². The maximum absolute atomic E-state index is 5.44. The lowest BCUT2D eigenvalue weighted by atomic mass is 10.1. The molecule has 1 N–H and O–H groups in total. The summed E-state index contributed by atoms with van der Waals surface area (Å²) in [6.45, 7) is 0.709. The number of benzene rings is 3. The van der Waals surface area contributed by atoms with Crippen molar-refractivity contribution in [2.24, 2.45) is 0 Å². The molecule has 0 unspecified atom stereocenters. The largest absolute Gasteiger partial charge is 0.497 e. The molecule has 6 heteroatoms. The van der Waals surface area contributed by atoms with Gasteiger partial charge >= 0.3 is 0 Å². The minimum absolute atomic E-state index is 0.709. The molecule has 0 aliphatic rings. The Kier molecular flexibility index (Phi) is 4.17. The first-order chi connectivity index (χ1) is 14.3. The van der Waals surface area contributed by atoms with Gasteiger partial charge in [-0.2, -0.15) is 15.4 Å². The van der Waals surface area contributed by atoms with Crippen molar-refractivity contribution < 1.29 is 9.47 Å². The van der Waals surface area contributed by atoms with Gasteiger partial charge in [0, 0.05) is 40.0 Å². The van der Waals surface area contributed by atoms with Crippen LogP contribution in [0.1, 0.15) is 5.56 Å². The highest BCUT2D eigenvalue weighted by Crippen LogP contribution is 2.33. The third kappa shape index (κ3) is 2.99. The summed E-state index contributed by atoms with van der Waals surface area (Å²) in [5.74, 6) is 1.57. The number of H-pyrrole nitrogens is 1. The fourth-order valence-corrected chi connectivity index (χ4v) is 3.86. The Hall–Kier alpha value is -3.80. The van der Waals surface area contributed by atoms with Crippen molar-refractivity contribution in [1.29, 1.82) is 0 Å². The topological polar surface area (TPSA) is 65.0 Å². The van der Waals surface area contributed by atoms with Gasteiger partial charge in [-0.3, -0.25) is 0 Å². The van der Waals surface area contributed by atoms with Crippen LogP contribution in [0.15, 0.2) is 66.9 Å². The molecule has 0 fully saturated rings. The second-order valence-corrected chi connectivity index (χ2v) is 6.91. The zero-order valence-electron chi connectivity index (χ0n) is 16.2. The molecule has 29 heavy (non-hydrogen) atoms. The number of rotatable bonds is 5. The predicted molar refractivity (Wildman–Crippen MR) is 113 cm³/mol. The molecule has 0 saturated heterocycles. The van der Waals surface area contributed by atoms with Crippen molar-refractivity contribution in [1.82, 2.24) is 20.0 Å². The van der Waals surface area contributed by atoms with Gasteiger partial charge in [0.05, 0.1) is 20.4 Å². The lowest BCUT2D eigenvalue weighted by Gasteiger charge is -2.11. The number of fused-ring (bicyclic) bond motifs is 3. The van der Waals surface area contributed by atoms with Crippen LogP contribution in [-0.4, -0.2) is 34.2 Å². The molecule has 3 aromatic carbocycles. The Balaban J connectivity index is 1.69. The van der Waals surface area contributed by atoms with Crippen molar-refractivity contribution >= 4 is 21.8 Å². The molecule has 5 rings (SSSR count). The van der Waals surface area contributed by atoms with E-state index < -0.39 is 0 Å². The fourth-order valence-electron chi connectivity index (χ4n) is 3.86. The van der Waals surface area contributed by atoms with Crippen molar-refractivity contribution in [3.8, 4) is 22.8 Å². The molecule has 0 radical (unpaired) electrons. The quantitative estimate of drug-likeness (QED) is 0.479.